The first-order valence-electron chi connectivity index (χ1n) is 9.06. The molecule has 1 aromatic carbocycles. The molecule has 1 unspecified atom stereocenters. The van der Waals surface area contributed by atoms with Gasteiger partial charge in [0.25, 0.3) is 0 Å². The number of methoxy groups -OCH3 is 1. The molecule has 3 rings (SSSR count). The van der Waals surface area contributed by atoms with Gasteiger partial charge in [-0.2, -0.15) is 0 Å². The first kappa shape index (κ1) is 19.0. The van der Waals surface area contributed by atoms with Crippen molar-refractivity contribution in [1.82, 2.24) is 9.88 Å². The summed E-state index contributed by atoms with van der Waals surface area (Å²) >= 11 is 7.17. The summed E-state index contributed by atoms with van der Waals surface area (Å²) in [6, 6.07) is 8.89. The van der Waals surface area contributed by atoms with Gasteiger partial charge < -0.3 is 9.72 Å². The highest BCUT2D eigenvalue weighted by Gasteiger charge is 2.19. The van der Waals surface area contributed by atoms with E-state index in [9.17, 15) is 0 Å². The van der Waals surface area contributed by atoms with E-state index in [4.69, 9.17) is 4.74 Å². The summed E-state index contributed by atoms with van der Waals surface area (Å²) in [5.74, 6) is 0.857. The van der Waals surface area contributed by atoms with Crippen LogP contribution in [0.3, 0.4) is 0 Å². The molecule has 5 heteroatoms. The van der Waals surface area contributed by atoms with Crippen molar-refractivity contribution < 1.29 is 4.74 Å². The molecule has 0 amide bonds. The highest BCUT2D eigenvalue weighted by molar-refractivity contribution is 9.11. The van der Waals surface area contributed by atoms with Gasteiger partial charge in [0.1, 0.15) is 5.75 Å². The number of likely N-dealkylation sites (tertiary alicyclic amines) is 1. The molecule has 0 radical (unpaired) electrons. The maximum absolute atomic E-state index is 5.60. The van der Waals surface area contributed by atoms with Gasteiger partial charge in [-0.3, -0.25) is 4.90 Å². The van der Waals surface area contributed by atoms with Gasteiger partial charge in [0.2, 0.25) is 0 Å². The van der Waals surface area contributed by atoms with Crippen LogP contribution in [0.1, 0.15) is 50.8 Å². The molecule has 136 valence electrons. The number of aromatic amines is 1. The van der Waals surface area contributed by atoms with E-state index in [0.717, 1.165) is 26.0 Å². The third-order valence-electron chi connectivity index (χ3n) is 5.10. The van der Waals surface area contributed by atoms with Crippen molar-refractivity contribution in [1.29, 1.82) is 0 Å². The molecular formula is C20H26Br2N2O. The van der Waals surface area contributed by atoms with E-state index in [1.54, 1.807) is 7.11 Å². The lowest BCUT2D eigenvalue weighted by atomic mass is 10.1. The normalized spacial score (nSPS) is 17.8. The minimum atomic E-state index is 0.411. The Labute approximate surface area is 167 Å². The summed E-state index contributed by atoms with van der Waals surface area (Å²) in [6.07, 6.45) is 6.74. The van der Waals surface area contributed by atoms with E-state index in [1.165, 1.54) is 50.9 Å². The van der Waals surface area contributed by atoms with Gasteiger partial charge in [0, 0.05) is 27.5 Å². The van der Waals surface area contributed by atoms with Crippen LogP contribution in [0.4, 0.5) is 0 Å². The standard InChI is InChI=1S/C20H26Br2N2O/c1-14(24-10-6-4-3-5-7-11-24)18-8-9-19(23-18)16-12-15(21)13-17(22)20(16)25-2/h8-9,12-14,23H,3-7,10-11H2,1-2H3. The molecule has 1 aliphatic heterocycles. The van der Waals surface area contributed by atoms with E-state index in [0.29, 0.717) is 6.04 Å². The molecular weight excluding hydrogens is 444 g/mol. The maximum atomic E-state index is 5.60. The first-order valence-corrected chi connectivity index (χ1v) is 10.6. The number of aromatic nitrogens is 1. The topological polar surface area (TPSA) is 28.3 Å². The maximum Gasteiger partial charge on any atom is 0.142 e. The van der Waals surface area contributed by atoms with Gasteiger partial charge in [0.05, 0.1) is 11.6 Å². The van der Waals surface area contributed by atoms with Crippen LogP contribution in [0.15, 0.2) is 33.2 Å². The molecule has 0 saturated carbocycles. The molecule has 2 aromatic rings. The van der Waals surface area contributed by atoms with Crippen molar-refractivity contribution in [3.8, 4) is 17.0 Å². The van der Waals surface area contributed by atoms with Gasteiger partial charge in [-0.25, -0.2) is 0 Å². The molecule has 1 fully saturated rings. The Balaban J connectivity index is 1.84. The van der Waals surface area contributed by atoms with E-state index in [1.807, 2.05) is 6.07 Å². The smallest absolute Gasteiger partial charge is 0.142 e. The van der Waals surface area contributed by atoms with Gasteiger partial charge in [-0.1, -0.05) is 35.2 Å². The molecule has 1 N–H and O–H groups in total. The largest absolute Gasteiger partial charge is 0.495 e. The lowest BCUT2D eigenvalue weighted by molar-refractivity contribution is 0.189. The Morgan fingerprint density at radius 1 is 1.04 bits per heavy atom. The molecule has 1 aliphatic rings. The van der Waals surface area contributed by atoms with Crippen LogP contribution in [0, 0.1) is 0 Å². The van der Waals surface area contributed by atoms with Gasteiger partial charge in [-0.15, -0.1) is 0 Å². The van der Waals surface area contributed by atoms with Gasteiger partial charge in [-0.05, 0) is 73.1 Å². The van der Waals surface area contributed by atoms with Crippen molar-refractivity contribution in [2.45, 2.75) is 45.1 Å². The number of hydrogen-bond acceptors (Lipinski definition) is 2. The monoisotopic (exact) mass is 468 g/mol. The number of nitrogens with zero attached hydrogens (tertiary/aromatic N) is 1. The van der Waals surface area contributed by atoms with Crippen molar-refractivity contribution in [2.75, 3.05) is 20.2 Å². The number of nitrogens with one attached hydrogen (secondary N) is 1. The molecule has 2 heterocycles. The highest BCUT2D eigenvalue weighted by Crippen LogP contribution is 2.39. The average Bonchev–Trinajstić information content (AvgIpc) is 3.03. The van der Waals surface area contributed by atoms with Crippen LogP contribution in [0.2, 0.25) is 0 Å². The summed E-state index contributed by atoms with van der Waals surface area (Å²) in [7, 11) is 1.71. The second-order valence-corrected chi connectivity index (χ2v) is 8.55. The zero-order chi connectivity index (χ0) is 17.8. The summed E-state index contributed by atoms with van der Waals surface area (Å²) in [4.78, 5) is 6.24. The van der Waals surface area contributed by atoms with E-state index in [2.05, 4.69) is 66.9 Å². The minimum Gasteiger partial charge on any atom is -0.495 e. The van der Waals surface area contributed by atoms with E-state index in [-0.39, 0.29) is 0 Å². The highest BCUT2D eigenvalue weighted by atomic mass is 79.9. The Morgan fingerprint density at radius 3 is 2.40 bits per heavy atom. The van der Waals surface area contributed by atoms with Gasteiger partial charge in [0.15, 0.2) is 0 Å². The van der Waals surface area contributed by atoms with Crippen molar-refractivity contribution >= 4 is 31.9 Å². The Kier molecular flexibility index (Phi) is 6.64. The first-order chi connectivity index (χ1) is 12.1. The zero-order valence-corrected chi connectivity index (χ0v) is 18.1. The van der Waals surface area contributed by atoms with E-state index < -0.39 is 0 Å². The molecule has 3 nitrogen and oxygen atoms in total. The predicted octanol–water partition coefficient (Wildman–Crippen LogP) is 6.54. The summed E-state index contributed by atoms with van der Waals surface area (Å²) < 4.78 is 7.59. The second-order valence-electron chi connectivity index (χ2n) is 6.78. The molecule has 25 heavy (non-hydrogen) atoms. The fraction of sp³-hybridized carbons (Fsp3) is 0.500. The third kappa shape index (κ3) is 4.50. The Morgan fingerprint density at radius 2 is 1.72 bits per heavy atom. The summed E-state index contributed by atoms with van der Waals surface area (Å²) in [5.41, 5.74) is 3.43. The van der Waals surface area contributed by atoms with Crippen LogP contribution in [0.5, 0.6) is 5.75 Å². The average molecular weight is 470 g/mol. The fourth-order valence-electron chi connectivity index (χ4n) is 3.64. The van der Waals surface area contributed by atoms with Crippen LogP contribution in [-0.4, -0.2) is 30.1 Å². The number of H-pyrrole nitrogens is 1. The second kappa shape index (κ2) is 8.74. The third-order valence-corrected chi connectivity index (χ3v) is 6.15. The van der Waals surface area contributed by atoms with Crippen LogP contribution in [-0.2, 0) is 0 Å². The summed E-state index contributed by atoms with van der Waals surface area (Å²) in [6.45, 7) is 4.70. The SMILES string of the molecule is COc1c(Br)cc(Br)cc1-c1ccc(C(C)N2CCCCCCC2)[nH]1. The lowest BCUT2D eigenvalue weighted by Gasteiger charge is -2.30. The lowest BCUT2D eigenvalue weighted by Crippen LogP contribution is -2.30. The minimum absolute atomic E-state index is 0.411. The zero-order valence-electron chi connectivity index (χ0n) is 14.9. The van der Waals surface area contributed by atoms with Crippen molar-refractivity contribution in [3.05, 3.63) is 38.9 Å². The number of rotatable bonds is 4. The molecule has 0 spiro atoms. The molecule has 1 atom stereocenters. The molecule has 0 aliphatic carbocycles. The molecule has 0 bridgehead atoms. The number of ether oxygens (including phenoxy) is 1. The molecule has 1 aromatic heterocycles. The fourth-order valence-corrected chi connectivity index (χ4v) is 5.02. The van der Waals surface area contributed by atoms with Crippen LogP contribution < -0.4 is 4.74 Å². The summed E-state index contributed by atoms with van der Waals surface area (Å²) in [5, 5.41) is 0. The Hall–Kier alpha value is -0.780. The van der Waals surface area contributed by atoms with Crippen molar-refractivity contribution in [2.24, 2.45) is 0 Å². The predicted molar refractivity (Wildman–Crippen MR) is 111 cm³/mol. The molecule has 1 saturated heterocycles. The van der Waals surface area contributed by atoms with Gasteiger partial charge >= 0.3 is 0 Å². The Bertz CT molecular complexity index is 706. The van der Waals surface area contributed by atoms with Crippen LogP contribution in [0.25, 0.3) is 11.3 Å². The van der Waals surface area contributed by atoms with Crippen molar-refractivity contribution in [3.63, 3.8) is 0 Å². The number of halogens is 2. The van der Waals surface area contributed by atoms with Crippen LogP contribution >= 0.6 is 31.9 Å². The number of benzene rings is 1. The quantitative estimate of drug-likeness (QED) is 0.550. The van der Waals surface area contributed by atoms with E-state index >= 15 is 0 Å². The number of hydrogen-bond donors (Lipinski definition) is 1.